The number of aromatic nitrogens is 1. The van der Waals surface area contributed by atoms with E-state index in [0.717, 1.165) is 46.3 Å². The van der Waals surface area contributed by atoms with Crippen molar-refractivity contribution in [3.8, 4) is 16.3 Å². The van der Waals surface area contributed by atoms with E-state index in [-0.39, 0.29) is 0 Å². The summed E-state index contributed by atoms with van der Waals surface area (Å²) in [4.78, 5) is 4.81. The fourth-order valence-electron chi connectivity index (χ4n) is 4.66. The monoisotopic (exact) mass is 342 g/mol. The van der Waals surface area contributed by atoms with Crippen molar-refractivity contribution >= 4 is 11.3 Å². The predicted octanol–water partition coefficient (Wildman–Crippen LogP) is 4.73. The molecule has 2 aromatic rings. The van der Waals surface area contributed by atoms with Crippen LogP contribution in [0.25, 0.3) is 10.6 Å². The van der Waals surface area contributed by atoms with Crippen molar-refractivity contribution < 1.29 is 4.74 Å². The number of thiazole rings is 1. The van der Waals surface area contributed by atoms with Gasteiger partial charge in [-0.3, -0.25) is 0 Å². The molecule has 0 amide bonds. The molecule has 1 heterocycles. The Balaban J connectivity index is 1.39. The molecule has 24 heavy (non-hydrogen) atoms. The van der Waals surface area contributed by atoms with Gasteiger partial charge in [-0.15, -0.1) is 11.3 Å². The van der Waals surface area contributed by atoms with E-state index in [9.17, 15) is 0 Å². The molecule has 4 heteroatoms. The fraction of sp³-hybridized carbons (Fsp3) is 0.550. The number of ether oxygens (including phenoxy) is 1. The van der Waals surface area contributed by atoms with Crippen molar-refractivity contribution in [2.75, 3.05) is 7.11 Å². The Bertz CT molecular complexity index is 698. The maximum atomic E-state index is 5.45. The number of nitrogens with zero attached hydrogens (tertiary/aromatic N) is 1. The quantitative estimate of drug-likeness (QED) is 0.824. The molecule has 1 N–H and O–H groups in total. The van der Waals surface area contributed by atoms with Gasteiger partial charge in [0, 0.05) is 18.0 Å². The van der Waals surface area contributed by atoms with Crippen LogP contribution in [0, 0.1) is 17.8 Å². The van der Waals surface area contributed by atoms with Crippen LogP contribution >= 0.6 is 11.3 Å². The van der Waals surface area contributed by atoms with Crippen molar-refractivity contribution in [1.82, 2.24) is 10.3 Å². The van der Waals surface area contributed by atoms with E-state index in [2.05, 4.69) is 23.7 Å². The minimum absolute atomic E-state index is 0.594. The third-order valence-electron chi connectivity index (χ3n) is 5.93. The van der Waals surface area contributed by atoms with Gasteiger partial charge in [0.1, 0.15) is 10.8 Å². The fourth-order valence-corrected chi connectivity index (χ4v) is 5.51. The second-order valence-corrected chi connectivity index (χ2v) is 8.21. The summed E-state index contributed by atoms with van der Waals surface area (Å²) in [7, 11) is 1.71. The molecule has 2 bridgehead atoms. The van der Waals surface area contributed by atoms with Crippen molar-refractivity contribution in [1.29, 1.82) is 0 Å². The Labute approximate surface area is 148 Å². The molecule has 128 valence electrons. The highest BCUT2D eigenvalue weighted by Crippen LogP contribution is 2.49. The van der Waals surface area contributed by atoms with Crippen molar-refractivity contribution in [3.05, 3.63) is 35.3 Å². The number of hydrogen-bond donors (Lipinski definition) is 1. The van der Waals surface area contributed by atoms with Crippen molar-refractivity contribution in [3.63, 3.8) is 0 Å². The highest BCUT2D eigenvalue weighted by molar-refractivity contribution is 7.13. The molecule has 2 aliphatic rings. The van der Waals surface area contributed by atoms with E-state index < -0.39 is 0 Å². The largest absolute Gasteiger partial charge is 0.496 e. The topological polar surface area (TPSA) is 34.1 Å². The number of fused-ring (bicyclic) bond motifs is 2. The van der Waals surface area contributed by atoms with Gasteiger partial charge in [-0.25, -0.2) is 4.98 Å². The first kappa shape index (κ1) is 16.1. The lowest BCUT2D eigenvalue weighted by molar-refractivity contribution is 0.259. The summed E-state index contributed by atoms with van der Waals surface area (Å²) in [5.74, 6) is 3.75. The van der Waals surface area contributed by atoms with E-state index in [0.29, 0.717) is 6.04 Å². The maximum absolute atomic E-state index is 5.45. The first-order chi connectivity index (χ1) is 11.7. The van der Waals surface area contributed by atoms with Gasteiger partial charge < -0.3 is 10.1 Å². The molecule has 0 aliphatic heterocycles. The van der Waals surface area contributed by atoms with Crippen LogP contribution in [0.1, 0.15) is 38.3 Å². The van der Waals surface area contributed by atoms with Gasteiger partial charge in [0.15, 0.2) is 0 Å². The molecule has 4 atom stereocenters. The Kier molecular flexibility index (Phi) is 4.59. The van der Waals surface area contributed by atoms with Crippen LogP contribution in [-0.4, -0.2) is 18.1 Å². The summed E-state index contributed by atoms with van der Waals surface area (Å²) >= 11 is 1.70. The van der Waals surface area contributed by atoms with Crippen LogP contribution in [0.5, 0.6) is 5.75 Å². The number of hydrogen-bond acceptors (Lipinski definition) is 4. The summed E-state index contributed by atoms with van der Waals surface area (Å²) in [5.41, 5.74) is 2.22. The Morgan fingerprint density at radius 2 is 2.17 bits per heavy atom. The average molecular weight is 343 g/mol. The molecule has 2 saturated carbocycles. The van der Waals surface area contributed by atoms with E-state index in [4.69, 9.17) is 9.72 Å². The Morgan fingerprint density at radius 3 is 2.92 bits per heavy atom. The van der Waals surface area contributed by atoms with Crippen LogP contribution in [0.3, 0.4) is 0 Å². The van der Waals surface area contributed by atoms with Crippen LogP contribution in [-0.2, 0) is 6.54 Å². The molecule has 2 fully saturated rings. The molecule has 0 radical (unpaired) electrons. The minimum atomic E-state index is 0.594. The van der Waals surface area contributed by atoms with Gasteiger partial charge in [0.25, 0.3) is 0 Å². The zero-order valence-corrected chi connectivity index (χ0v) is 15.3. The van der Waals surface area contributed by atoms with Crippen molar-refractivity contribution in [2.45, 2.75) is 45.2 Å². The minimum Gasteiger partial charge on any atom is -0.496 e. The molecule has 3 nitrogen and oxygen atoms in total. The molecule has 1 aromatic carbocycles. The highest BCUT2D eigenvalue weighted by Gasteiger charge is 2.41. The first-order valence-electron chi connectivity index (χ1n) is 9.05. The number of para-hydroxylation sites is 1. The van der Waals surface area contributed by atoms with E-state index in [1.54, 1.807) is 18.4 Å². The molecule has 4 rings (SSSR count). The summed E-state index contributed by atoms with van der Waals surface area (Å²) in [6.45, 7) is 3.22. The van der Waals surface area contributed by atoms with E-state index in [1.165, 1.54) is 25.7 Å². The normalized spacial score (nSPS) is 26.7. The zero-order chi connectivity index (χ0) is 16.5. The summed E-state index contributed by atoms with van der Waals surface area (Å²) < 4.78 is 5.45. The zero-order valence-electron chi connectivity index (χ0n) is 14.5. The van der Waals surface area contributed by atoms with Crippen LogP contribution in [0.4, 0.5) is 0 Å². The second-order valence-electron chi connectivity index (χ2n) is 7.35. The summed E-state index contributed by atoms with van der Waals surface area (Å²) in [6.07, 6.45) is 5.84. The lowest BCUT2D eigenvalue weighted by atomic mass is 9.84. The Morgan fingerprint density at radius 1 is 1.29 bits per heavy atom. The molecule has 0 saturated heterocycles. The first-order valence-corrected chi connectivity index (χ1v) is 9.93. The van der Waals surface area contributed by atoms with Crippen LogP contribution < -0.4 is 10.1 Å². The lowest BCUT2D eigenvalue weighted by Crippen LogP contribution is -2.35. The third kappa shape index (κ3) is 3.09. The highest BCUT2D eigenvalue weighted by atomic mass is 32.1. The van der Waals surface area contributed by atoms with Gasteiger partial charge in [-0.2, -0.15) is 0 Å². The molecular formula is C20H26N2OS. The van der Waals surface area contributed by atoms with Gasteiger partial charge in [0.2, 0.25) is 0 Å². The maximum Gasteiger partial charge on any atom is 0.129 e. The SMILES string of the molecule is COc1ccccc1-c1nc(CNC(C)C2CC3CCC2C3)cs1. The number of rotatable bonds is 6. The molecule has 0 spiro atoms. The summed E-state index contributed by atoms with van der Waals surface area (Å²) in [5, 5.41) is 6.94. The summed E-state index contributed by atoms with van der Waals surface area (Å²) in [6, 6.07) is 8.69. The average Bonchev–Trinajstić information content (AvgIpc) is 3.36. The number of benzene rings is 1. The molecule has 1 aromatic heterocycles. The molecule has 2 aliphatic carbocycles. The second kappa shape index (κ2) is 6.85. The van der Waals surface area contributed by atoms with E-state index in [1.807, 2.05) is 18.2 Å². The predicted molar refractivity (Wildman–Crippen MR) is 99.3 cm³/mol. The molecular weight excluding hydrogens is 316 g/mol. The van der Waals surface area contributed by atoms with Crippen LogP contribution in [0.15, 0.2) is 29.6 Å². The van der Waals surface area contributed by atoms with Gasteiger partial charge in [0.05, 0.1) is 18.4 Å². The van der Waals surface area contributed by atoms with Gasteiger partial charge >= 0.3 is 0 Å². The van der Waals surface area contributed by atoms with Crippen LogP contribution in [0.2, 0.25) is 0 Å². The van der Waals surface area contributed by atoms with E-state index >= 15 is 0 Å². The molecule has 4 unspecified atom stereocenters. The lowest BCUT2D eigenvalue weighted by Gasteiger charge is -2.28. The Hall–Kier alpha value is -1.39. The number of methoxy groups -OCH3 is 1. The van der Waals surface area contributed by atoms with Gasteiger partial charge in [-0.1, -0.05) is 18.6 Å². The number of nitrogens with one attached hydrogen (secondary N) is 1. The van der Waals surface area contributed by atoms with Gasteiger partial charge in [-0.05, 0) is 56.1 Å². The van der Waals surface area contributed by atoms with Crippen molar-refractivity contribution in [2.24, 2.45) is 17.8 Å². The smallest absolute Gasteiger partial charge is 0.129 e. The third-order valence-corrected chi connectivity index (χ3v) is 6.85. The standard InChI is InChI=1S/C20H26N2OS/c1-13(18-10-14-7-8-15(18)9-14)21-11-16-12-24-20(22-16)17-5-3-4-6-19(17)23-2/h3-6,12-15,18,21H,7-11H2,1-2H3.